The second-order valence-corrected chi connectivity index (χ2v) is 7.02. The summed E-state index contributed by atoms with van der Waals surface area (Å²) in [5, 5.41) is 0. The summed E-state index contributed by atoms with van der Waals surface area (Å²) in [6.07, 6.45) is 8.13. The molecule has 2 fully saturated rings. The minimum atomic E-state index is 0. The zero-order valence-electron chi connectivity index (χ0n) is 14.7. The maximum atomic E-state index is 6.27. The van der Waals surface area contributed by atoms with E-state index >= 15 is 0 Å². The fourth-order valence-electron chi connectivity index (χ4n) is 3.77. The number of guanidine groups is 1. The van der Waals surface area contributed by atoms with Gasteiger partial charge in [0, 0.05) is 13.1 Å². The monoisotopic (exact) mass is 446 g/mol. The van der Waals surface area contributed by atoms with Crippen LogP contribution in [0.2, 0.25) is 0 Å². The number of halogens is 1. The van der Waals surface area contributed by atoms with E-state index in [0.29, 0.717) is 18.4 Å². The summed E-state index contributed by atoms with van der Waals surface area (Å²) in [6, 6.07) is 4.24. The maximum Gasteiger partial charge on any atom is 0.191 e. The van der Waals surface area contributed by atoms with E-state index in [1.54, 1.807) is 6.26 Å². The second-order valence-electron chi connectivity index (χ2n) is 7.02. The summed E-state index contributed by atoms with van der Waals surface area (Å²) in [5.41, 5.74) is 6.27. The van der Waals surface area contributed by atoms with Crippen LogP contribution < -0.4 is 5.73 Å². The van der Waals surface area contributed by atoms with E-state index in [9.17, 15) is 0 Å². The highest BCUT2D eigenvalue weighted by Crippen LogP contribution is 2.25. The number of nitrogens with zero attached hydrogens (tertiary/aromatic N) is 3. The van der Waals surface area contributed by atoms with Gasteiger partial charge in [-0.05, 0) is 56.8 Å². The molecule has 2 aliphatic heterocycles. The first-order valence-corrected chi connectivity index (χ1v) is 9.06. The first kappa shape index (κ1) is 19.6. The molecular formula is C18H31IN4O. The van der Waals surface area contributed by atoms with E-state index in [0.717, 1.165) is 31.9 Å². The highest BCUT2D eigenvalue weighted by Gasteiger charge is 2.25. The van der Waals surface area contributed by atoms with Crippen molar-refractivity contribution in [2.75, 3.05) is 32.7 Å². The smallest absolute Gasteiger partial charge is 0.191 e. The molecule has 136 valence electrons. The zero-order valence-corrected chi connectivity index (χ0v) is 17.0. The van der Waals surface area contributed by atoms with Gasteiger partial charge >= 0.3 is 0 Å². The van der Waals surface area contributed by atoms with Crippen LogP contribution in [0.4, 0.5) is 0 Å². The number of likely N-dealkylation sites (tertiary alicyclic amines) is 2. The Hall–Kier alpha value is -0.760. The lowest BCUT2D eigenvalue weighted by molar-refractivity contribution is 0.149. The van der Waals surface area contributed by atoms with E-state index in [1.165, 1.54) is 32.1 Å². The quantitative estimate of drug-likeness (QED) is 0.437. The van der Waals surface area contributed by atoms with Crippen LogP contribution >= 0.6 is 24.0 Å². The predicted molar refractivity (Wildman–Crippen MR) is 109 cm³/mol. The van der Waals surface area contributed by atoms with Gasteiger partial charge in [-0.15, -0.1) is 24.0 Å². The zero-order chi connectivity index (χ0) is 16.1. The standard InChI is InChI=1S/C18H30N4O.HI/c1-15-7-5-11-22(14-15)18(19)20-13-16(17-8-6-12-23-17)21-9-3-2-4-10-21;/h6,8,12,15-16H,2-5,7,9-11,13-14H2,1H3,(H2,19,20);1H. The van der Waals surface area contributed by atoms with Crippen LogP contribution in [0, 0.1) is 5.92 Å². The Kier molecular flexibility index (Phi) is 7.87. The molecule has 0 aliphatic carbocycles. The Morgan fingerprint density at radius 1 is 1.29 bits per heavy atom. The van der Waals surface area contributed by atoms with Gasteiger partial charge in [-0.2, -0.15) is 0 Å². The Bertz CT molecular complexity index is 499. The summed E-state index contributed by atoms with van der Waals surface area (Å²) < 4.78 is 5.68. The lowest BCUT2D eigenvalue weighted by Crippen LogP contribution is -2.44. The van der Waals surface area contributed by atoms with Gasteiger partial charge in [0.05, 0.1) is 18.8 Å². The molecule has 2 atom stereocenters. The minimum Gasteiger partial charge on any atom is -0.468 e. The lowest BCUT2D eigenvalue weighted by Gasteiger charge is -2.34. The fourth-order valence-corrected chi connectivity index (χ4v) is 3.77. The van der Waals surface area contributed by atoms with Crippen molar-refractivity contribution in [1.29, 1.82) is 0 Å². The number of hydrogen-bond donors (Lipinski definition) is 1. The van der Waals surface area contributed by atoms with Gasteiger partial charge in [0.2, 0.25) is 0 Å². The molecule has 0 spiro atoms. The molecule has 24 heavy (non-hydrogen) atoms. The van der Waals surface area contributed by atoms with Crippen LogP contribution in [-0.2, 0) is 0 Å². The van der Waals surface area contributed by atoms with Gasteiger partial charge in [-0.3, -0.25) is 9.89 Å². The summed E-state index contributed by atoms with van der Waals surface area (Å²) in [6.45, 7) is 7.30. The van der Waals surface area contributed by atoms with E-state index in [1.807, 2.05) is 6.07 Å². The van der Waals surface area contributed by atoms with Crippen molar-refractivity contribution in [3.63, 3.8) is 0 Å². The summed E-state index contributed by atoms with van der Waals surface area (Å²) in [5.74, 6) is 2.42. The summed E-state index contributed by atoms with van der Waals surface area (Å²) >= 11 is 0. The molecule has 0 bridgehead atoms. The molecule has 0 saturated carbocycles. The summed E-state index contributed by atoms with van der Waals surface area (Å²) in [7, 11) is 0. The van der Waals surface area contributed by atoms with Gasteiger partial charge in [-0.1, -0.05) is 13.3 Å². The van der Waals surface area contributed by atoms with Gasteiger partial charge in [0.25, 0.3) is 0 Å². The second kappa shape index (κ2) is 9.65. The number of rotatable bonds is 4. The SMILES string of the molecule is CC1CCCN(C(N)=NCC(c2ccco2)N2CCCCC2)C1.I. The van der Waals surface area contributed by atoms with Crippen LogP contribution in [0.1, 0.15) is 50.8 Å². The lowest BCUT2D eigenvalue weighted by atomic mass is 10.0. The van der Waals surface area contributed by atoms with Crippen molar-refractivity contribution >= 4 is 29.9 Å². The molecule has 3 rings (SSSR count). The van der Waals surface area contributed by atoms with Crippen molar-refractivity contribution in [1.82, 2.24) is 9.80 Å². The number of piperidine rings is 2. The Morgan fingerprint density at radius 2 is 2.08 bits per heavy atom. The number of furan rings is 1. The predicted octanol–water partition coefficient (Wildman–Crippen LogP) is 3.47. The highest BCUT2D eigenvalue weighted by atomic mass is 127. The van der Waals surface area contributed by atoms with Crippen LogP contribution in [-0.4, -0.2) is 48.5 Å². The average Bonchev–Trinajstić information content (AvgIpc) is 3.10. The van der Waals surface area contributed by atoms with E-state index in [4.69, 9.17) is 15.1 Å². The molecule has 6 heteroatoms. The third-order valence-electron chi connectivity index (χ3n) is 5.11. The molecule has 2 saturated heterocycles. The van der Waals surface area contributed by atoms with E-state index < -0.39 is 0 Å². The van der Waals surface area contributed by atoms with Crippen molar-refractivity contribution in [2.45, 2.75) is 45.1 Å². The first-order valence-electron chi connectivity index (χ1n) is 9.06. The number of aliphatic imine (C=N–C) groups is 1. The molecule has 1 aromatic heterocycles. The number of hydrogen-bond acceptors (Lipinski definition) is 3. The third-order valence-corrected chi connectivity index (χ3v) is 5.11. The van der Waals surface area contributed by atoms with Crippen molar-refractivity contribution in [3.05, 3.63) is 24.2 Å². The van der Waals surface area contributed by atoms with Crippen LogP contribution in [0.25, 0.3) is 0 Å². The van der Waals surface area contributed by atoms with E-state index in [-0.39, 0.29) is 30.0 Å². The molecule has 1 aromatic rings. The average molecular weight is 446 g/mol. The van der Waals surface area contributed by atoms with Crippen LogP contribution in [0.5, 0.6) is 0 Å². The molecule has 2 aliphatic rings. The minimum absolute atomic E-state index is 0. The fraction of sp³-hybridized carbons (Fsp3) is 0.722. The highest BCUT2D eigenvalue weighted by molar-refractivity contribution is 14.0. The van der Waals surface area contributed by atoms with Crippen molar-refractivity contribution in [2.24, 2.45) is 16.6 Å². The Balaban J connectivity index is 0.00000208. The molecule has 2 unspecified atom stereocenters. The van der Waals surface area contributed by atoms with Gasteiger partial charge < -0.3 is 15.1 Å². The molecule has 0 aromatic carbocycles. The largest absolute Gasteiger partial charge is 0.468 e. The molecular weight excluding hydrogens is 415 g/mol. The normalized spacial score (nSPS) is 24.5. The molecule has 0 radical (unpaired) electrons. The van der Waals surface area contributed by atoms with Crippen molar-refractivity contribution < 1.29 is 4.42 Å². The molecule has 2 N–H and O–H groups in total. The Labute approximate surface area is 162 Å². The third kappa shape index (κ3) is 5.12. The van der Waals surface area contributed by atoms with E-state index in [2.05, 4.69) is 22.8 Å². The van der Waals surface area contributed by atoms with Crippen LogP contribution in [0.15, 0.2) is 27.8 Å². The van der Waals surface area contributed by atoms with Gasteiger partial charge in [0.15, 0.2) is 5.96 Å². The van der Waals surface area contributed by atoms with Gasteiger partial charge in [-0.25, -0.2) is 0 Å². The van der Waals surface area contributed by atoms with Crippen molar-refractivity contribution in [3.8, 4) is 0 Å². The molecule has 0 amide bonds. The number of nitrogens with two attached hydrogens (primary N) is 1. The maximum absolute atomic E-state index is 6.27. The molecule has 3 heterocycles. The summed E-state index contributed by atoms with van der Waals surface area (Å²) in [4.78, 5) is 9.47. The van der Waals surface area contributed by atoms with Gasteiger partial charge in [0.1, 0.15) is 5.76 Å². The first-order chi connectivity index (χ1) is 11.2. The van der Waals surface area contributed by atoms with Crippen LogP contribution in [0.3, 0.4) is 0 Å². The Morgan fingerprint density at radius 3 is 2.75 bits per heavy atom. The molecule has 5 nitrogen and oxygen atoms in total. The topological polar surface area (TPSA) is 58.0 Å².